The molecule has 0 aliphatic carbocycles. The van der Waals surface area contributed by atoms with E-state index in [1.807, 2.05) is 24.3 Å². The lowest BCUT2D eigenvalue weighted by Crippen LogP contribution is -2.46. The molecule has 0 radical (unpaired) electrons. The summed E-state index contributed by atoms with van der Waals surface area (Å²) in [5, 5.41) is 2.75. The van der Waals surface area contributed by atoms with Crippen LogP contribution in [0.2, 0.25) is 0 Å². The monoisotopic (exact) mass is 309 g/mol. The highest BCUT2D eigenvalue weighted by molar-refractivity contribution is 6.21. The molecule has 1 fully saturated rings. The molecule has 0 saturated carbocycles. The van der Waals surface area contributed by atoms with E-state index in [2.05, 4.69) is 22.0 Å². The number of rotatable bonds is 5. The minimum Gasteiger partial charge on any atom is -0.326 e. The molecule has 1 saturated heterocycles. The number of carbonyl (C=O) groups excluding carboxylic acids is 1. The fourth-order valence-electron chi connectivity index (χ4n) is 2.63. The number of anilines is 1. The summed E-state index contributed by atoms with van der Waals surface area (Å²) >= 11 is 6.55. The third kappa shape index (κ3) is 4.99. The van der Waals surface area contributed by atoms with Crippen molar-refractivity contribution in [2.75, 3.05) is 44.6 Å². The Bertz CT molecular complexity index is 472. The quantitative estimate of drug-likeness (QED) is 0.849. The van der Waals surface area contributed by atoms with Crippen molar-refractivity contribution < 1.29 is 4.79 Å². The summed E-state index contributed by atoms with van der Waals surface area (Å²) in [4.78, 5) is 16.0. The molecule has 0 spiro atoms. The van der Waals surface area contributed by atoms with E-state index in [1.54, 1.807) is 0 Å². The van der Waals surface area contributed by atoms with E-state index in [-0.39, 0.29) is 11.3 Å². The Morgan fingerprint density at radius 3 is 2.57 bits per heavy atom. The van der Waals surface area contributed by atoms with E-state index in [1.165, 1.54) is 6.92 Å². The molecule has 4 nitrogen and oxygen atoms in total. The van der Waals surface area contributed by atoms with Gasteiger partial charge in [0.05, 0.1) is 5.38 Å². The maximum atomic E-state index is 11.1. The predicted molar refractivity (Wildman–Crippen MR) is 87.9 cm³/mol. The molecule has 116 valence electrons. The van der Waals surface area contributed by atoms with Gasteiger partial charge >= 0.3 is 0 Å². The highest BCUT2D eigenvalue weighted by Gasteiger charge is 2.19. The first-order valence-corrected chi connectivity index (χ1v) is 7.98. The number of hydrogen-bond donors (Lipinski definition) is 1. The van der Waals surface area contributed by atoms with Gasteiger partial charge in [0, 0.05) is 45.3 Å². The van der Waals surface area contributed by atoms with Crippen LogP contribution in [0.1, 0.15) is 24.8 Å². The van der Waals surface area contributed by atoms with Crippen LogP contribution in [0, 0.1) is 0 Å². The molecule has 2 rings (SSSR count). The van der Waals surface area contributed by atoms with Crippen LogP contribution in [0.15, 0.2) is 24.3 Å². The van der Waals surface area contributed by atoms with Crippen molar-refractivity contribution in [3.8, 4) is 0 Å². The van der Waals surface area contributed by atoms with Crippen LogP contribution < -0.4 is 5.32 Å². The maximum Gasteiger partial charge on any atom is 0.221 e. The number of piperazine rings is 1. The second kappa shape index (κ2) is 7.78. The second-order valence-corrected chi connectivity index (χ2v) is 6.04. The van der Waals surface area contributed by atoms with E-state index in [9.17, 15) is 4.79 Å². The normalized spacial score (nSPS) is 18.4. The fourth-order valence-corrected chi connectivity index (χ4v) is 2.97. The van der Waals surface area contributed by atoms with Gasteiger partial charge < -0.3 is 10.2 Å². The van der Waals surface area contributed by atoms with E-state index in [0.717, 1.165) is 50.5 Å². The van der Waals surface area contributed by atoms with E-state index in [0.29, 0.717) is 0 Å². The molecule has 1 aromatic rings. The average molecular weight is 310 g/mol. The van der Waals surface area contributed by atoms with Crippen molar-refractivity contribution in [3.63, 3.8) is 0 Å². The zero-order valence-corrected chi connectivity index (χ0v) is 13.6. The first-order valence-electron chi connectivity index (χ1n) is 7.55. The molecule has 1 aliphatic heterocycles. The number of nitrogens with one attached hydrogen (secondary N) is 1. The van der Waals surface area contributed by atoms with E-state index < -0.39 is 0 Å². The molecular weight excluding hydrogens is 286 g/mol. The molecular formula is C16H24ClN3O. The van der Waals surface area contributed by atoms with Crippen LogP contribution in [0.4, 0.5) is 5.69 Å². The van der Waals surface area contributed by atoms with Crippen LogP contribution in [0.25, 0.3) is 0 Å². The Kier molecular flexibility index (Phi) is 6.03. The molecule has 1 heterocycles. The zero-order chi connectivity index (χ0) is 15.2. The Hall–Kier alpha value is -1.10. The minimum absolute atomic E-state index is 0.0492. The van der Waals surface area contributed by atoms with Crippen LogP contribution in [-0.4, -0.2) is 55.0 Å². The average Bonchev–Trinajstić information content (AvgIpc) is 2.47. The fraction of sp³-hybridized carbons (Fsp3) is 0.562. The van der Waals surface area contributed by atoms with Crippen molar-refractivity contribution in [1.29, 1.82) is 0 Å². The Balaban J connectivity index is 1.91. The van der Waals surface area contributed by atoms with Crippen molar-refractivity contribution in [2.45, 2.75) is 19.2 Å². The summed E-state index contributed by atoms with van der Waals surface area (Å²) in [6.45, 7) is 10.1. The lowest BCUT2D eigenvalue weighted by Gasteiger charge is -2.35. The molecule has 1 unspecified atom stereocenters. The number of halogens is 1. The number of nitrogens with zero attached hydrogens (tertiary/aromatic N) is 2. The first kappa shape index (κ1) is 16.3. The minimum atomic E-state index is -0.0611. The topological polar surface area (TPSA) is 35.6 Å². The van der Waals surface area contributed by atoms with Crippen molar-refractivity contribution >= 4 is 23.2 Å². The molecule has 0 bridgehead atoms. The van der Waals surface area contributed by atoms with E-state index in [4.69, 9.17) is 11.6 Å². The standard InChI is InChI=1S/C16H24ClN3O/c1-3-19-7-9-20(10-8-19)12-16(17)14-5-4-6-15(11-14)18-13(2)21/h4-6,11,16H,3,7-10,12H2,1-2H3,(H,18,21). The van der Waals surface area contributed by atoms with Gasteiger partial charge in [-0.1, -0.05) is 19.1 Å². The van der Waals surface area contributed by atoms with Gasteiger partial charge in [0.25, 0.3) is 0 Å². The Labute approximate surface area is 132 Å². The van der Waals surface area contributed by atoms with Crippen molar-refractivity contribution in [1.82, 2.24) is 9.80 Å². The number of likely N-dealkylation sites (N-methyl/N-ethyl adjacent to an activating group) is 1. The van der Waals surface area contributed by atoms with Gasteiger partial charge in [-0.15, -0.1) is 11.6 Å². The maximum absolute atomic E-state index is 11.1. The molecule has 21 heavy (non-hydrogen) atoms. The number of benzene rings is 1. The SMILES string of the molecule is CCN1CCN(CC(Cl)c2cccc(NC(C)=O)c2)CC1. The number of hydrogen-bond acceptors (Lipinski definition) is 3. The molecule has 5 heteroatoms. The molecule has 1 aromatic carbocycles. The van der Waals surface area contributed by atoms with Crippen LogP contribution in [0.3, 0.4) is 0 Å². The summed E-state index contributed by atoms with van der Waals surface area (Å²) in [6.07, 6.45) is 0. The molecule has 1 N–H and O–H groups in total. The van der Waals surface area contributed by atoms with Crippen LogP contribution >= 0.6 is 11.6 Å². The Morgan fingerprint density at radius 1 is 1.29 bits per heavy atom. The molecule has 1 aliphatic rings. The van der Waals surface area contributed by atoms with Crippen LogP contribution in [0.5, 0.6) is 0 Å². The van der Waals surface area contributed by atoms with Gasteiger partial charge in [0.1, 0.15) is 0 Å². The summed E-state index contributed by atoms with van der Waals surface area (Å²) in [7, 11) is 0. The smallest absolute Gasteiger partial charge is 0.221 e. The predicted octanol–water partition coefficient (Wildman–Crippen LogP) is 2.56. The molecule has 0 aromatic heterocycles. The van der Waals surface area contributed by atoms with Crippen LogP contribution in [-0.2, 0) is 4.79 Å². The third-order valence-corrected chi connectivity index (χ3v) is 4.29. The highest BCUT2D eigenvalue weighted by atomic mass is 35.5. The van der Waals surface area contributed by atoms with Crippen molar-refractivity contribution in [3.05, 3.63) is 29.8 Å². The van der Waals surface area contributed by atoms with Gasteiger partial charge in [0.2, 0.25) is 5.91 Å². The Morgan fingerprint density at radius 2 is 1.95 bits per heavy atom. The van der Waals surface area contributed by atoms with Crippen molar-refractivity contribution in [2.24, 2.45) is 0 Å². The van der Waals surface area contributed by atoms with Gasteiger partial charge in [-0.2, -0.15) is 0 Å². The zero-order valence-electron chi connectivity index (χ0n) is 12.8. The van der Waals surface area contributed by atoms with E-state index >= 15 is 0 Å². The number of alkyl halides is 1. The largest absolute Gasteiger partial charge is 0.326 e. The summed E-state index contributed by atoms with van der Waals surface area (Å²) < 4.78 is 0. The molecule has 1 amide bonds. The van der Waals surface area contributed by atoms with Gasteiger partial charge in [-0.3, -0.25) is 9.69 Å². The van der Waals surface area contributed by atoms with Gasteiger partial charge in [-0.05, 0) is 24.2 Å². The third-order valence-electron chi connectivity index (χ3n) is 3.90. The summed E-state index contributed by atoms with van der Waals surface area (Å²) in [5.74, 6) is -0.0611. The highest BCUT2D eigenvalue weighted by Crippen LogP contribution is 2.24. The second-order valence-electron chi connectivity index (χ2n) is 5.51. The first-order chi connectivity index (χ1) is 10.1. The molecule has 1 atom stereocenters. The summed E-state index contributed by atoms with van der Waals surface area (Å²) in [6, 6.07) is 7.80. The van der Waals surface area contributed by atoms with Gasteiger partial charge in [0.15, 0.2) is 0 Å². The lowest BCUT2D eigenvalue weighted by molar-refractivity contribution is -0.114. The van der Waals surface area contributed by atoms with Gasteiger partial charge in [-0.25, -0.2) is 0 Å². The summed E-state index contributed by atoms with van der Waals surface area (Å²) in [5.41, 5.74) is 1.86. The number of carbonyl (C=O) groups is 1. The lowest BCUT2D eigenvalue weighted by atomic mass is 10.1. The number of amides is 1.